The molecule has 7 heteroatoms. The second-order valence-electron chi connectivity index (χ2n) is 4.59. The molecule has 2 N–H and O–H groups in total. The van der Waals surface area contributed by atoms with Gasteiger partial charge in [-0.05, 0) is 17.7 Å². The van der Waals surface area contributed by atoms with Gasteiger partial charge in [-0.3, -0.25) is 0 Å². The molecule has 1 unspecified atom stereocenters. The van der Waals surface area contributed by atoms with E-state index >= 15 is 0 Å². The second-order valence-corrected chi connectivity index (χ2v) is 4.59. The molecule has 2 amide bonds. The predicted octanol–water partition coefficient (Wildman–Crippen LogP) is 0.553. The highest BCUT2D eigenvalue weighted by Gasteiger charge is 2.32. The number of nitrogens with one attached hydrogen (secondary N) is 1. The van der Waals surface area contributed by atoms with Crippen molar-refractivity contribution < 1.29 is 19.4 Å². The number of carboxylic acid groups (broad SMARTS) is 1. The van der Waals surface area contributed by atoms with Crippen molar-refractivity contribution in [2.45, 2.75) is 12.6 Å². The number of hydrogen-bond donors (Lipinski definition) is 2. The van der Waals surface area contributed by atoms with E-state index < -0.39 is 18.0 Å². The minimum atomic E-state index is -1.09. The molecule has 1 saturated heterocycles. The lowest BCUT2D eigenvalue weighted by molar-refractivity contribution is -0.147. The van der Waals surface area contributed by atoms with Gasteiger partial charge < -0.3 is 20.1 Å². The first kappa shape index (κ1) is 14.8. The lowest BCUT2D eigenvalue weighted by Gasteiger charge is -2.32. The summed E-state index contributed by atoms with van der Waals surface area (Å²) in [6.45, 7) is 0.785. The van der Waals surface area contributed by atoms with E-state index in [1.165, 1.54) is 4.90 Å². The summed E-state index contributed by atoms with van der Waals surface area (Å²) >= 11 is 0. The van der Waals surface area contributed by atoms with Crippen molar-refractivity contribution in [3.05, 3.63) is 35.4 Å². The smallest absolute Gasteiger partial charge is 0.328 e. The van der Waals surface area contributed by atoms with Crippen LogP contribution in [0.3, 0.4) is 0 Å². The molecule has 1 aromatic carbocycles. The van der Waals surface area contributed by atoms with E-state index in [1.54, 1.807) is 24.3 Å². The number of carbonyl (C=O) groups excluding carboxylic acids is 1. The van der Waals surface area contributed by atoms with Gasteiger partial charge in [0.05, 0.1) is 24.8 Å². The first-order valence-electron chi connectivity index (χ1n) is 6.46. The third-order valence-electron chi connectivity index (χ3n) is 3.17. The van der Waals surface area contributed by atoms with E-state index in [1.807, 2.05) is 6.07 Å². The fraction of sp³-hybridized carbons (Fsp3) is 0.357. The Balaban J connectivity index is 1.97. The van der Waals surface area contributed by atoms with E-state index in [4.69, 9.17) is 15.1 Å². The van der Waals surface area contributed by atoms with Crippen LogP contribution < -0.4 is 5.32 Å². The number of hydrogen-bond acceptors (Lipinski definition) is 4. The Morgan fingerprint density at radius 3 is 3.05 bits per heavy atom. The number of urea groups is 1. The molecule has 1 aromatic rings. The van der Waals surface area contributed by atoms with Crippen LogP contribution in [-0.4, -0.2) is 47.8 Å². The molecule has 1 aliphatic rings. The van der Waals surface area contributed by atoms with Crippen molar-refractivity contribution in [2.24, 2.45) is 0 Å². The molecule has 0 bridgehead atoms. The molecule has 1 fully saturated rings. The molecule has 0 spiro atoms. The molecule has 0 aliphatic carbocycles. The van der Waals surface area contributed by atoms with Crippen LogP contribution in [0.1, 0.15) is 11.1 Å². The normalized spacial score (nSPS) is 17.9. The zero-order chi connectivity index (χ0) is 15.2. The molecule has 2 rings (SSSR count). The van der Waals surface area contributed by atoms with Crippen LogP contribution in [0.5, 0.6) is 0 Å². The average molecular weight is 289 g/mol. The number of benzene rings is 1. The number of morpholine rings is 1. The lowest BCUT2D eigenvalue weighted by atomic mass is 10.1. The summed E-state index contributed by atoms with van der Waals surface area (Å²) < 4.78 is 5.08. The van der Waals surface area contributed by atoms with Gasteiger partial charge in [0.2, 0.25) is 0 Å². The zero-order valence-corrected chi connectivity index (χ0v) is 11.3. The summed E-state index contributed by atoms with van der Waals surface area (Å²) in [6, 6.07) is 7.47. The van der Waals surface area contributed by atoms with Crippen LogP contribution in [0.15, 0.2) is 24.3 Å². The Morgan fingerprint density at radius 2 is 2.33 bits per heavy atom. The van der Waals surface area contributed by atoms with Gasteiger partial charge in [-0.15, -0.1) is 0 Å². The fourth-order valence-corrected chi connectivity index (χ4v) is 2.08. The Morgan fingerprint density at radius 1 is 1.52 bits per heavy atom. The highest BCUT2D eigenvalue weighted by Crippen LogP contribution is 2.09. The summed E-state index contributed by atoms with van der Waals surface area (Å²) in [5.74, 6) is -1.09. The molecule has 1 heterocycles. The zero-order valence-electron chi connectivity index (χ0n) is 11.3. The average Bonchev–Trinajstić information content (AvgIpc) is 2.52. The van der Waals surface area contributed by atoms with Crippen molar-refractivity contribution in [3.63, 3.8) is 0 Å². The molecule has 110 valence electrons. The lowest BCUT2D eigenvalue weighted by Crippen LogP contribution is -2.55. The predicted molar refractivity (Wildman–Crippen MR) is 72.3 cm³/mol. The third kappa shape index (κ3) is 3.70. The summed E-state index contributed by atoms with van der Waals surface area (Å²) in [5, 5.41) is 20.6. The third-order valence-corrected chi connectivity index (χ3v) is 3.17. The number of amides is 2. The molecule has 0 saturated carbocycles. The fourth-order valence-electron chi connectivity index (χ4n) is 2.08. The number of ether oxygens (including phenoxy) is 1. The standard InChI is InChI=1S/C14H15N3O4/c15-7-10-2-1-3-11(6-10)8-16-14(20)17-4-5-21-9-12(17)13(18)19/h1-3,6,12H,4-5,8-9H2,(H,16,20)(H,18,19). The van der Waals surface area contributed by atoms with Gasteiger partial charge in [0.15, 0.2) is 6.04 Å². The minimum Gasteiger partial charge on any atom is -0.480 e. The van der Waals surface area contributed by atoms with Crippen molar-refractivity contribution in [1.82, 2.24) is 10.2 Å². The summed E-state index contributed by atoms with van der Waals surface area (Å²) in [6.07, 6.45) is 0. The van der Waals surface area contributed by atoms with Gasteiger partial charge in [-0.1, -0.05) is 12.1 Å². The van der Waals surface area contributed by atoms with Crippen molar-refractivity contribution in [2.75, 3.05) is 19.8 Å². The topological polar surface area (TPSA) is 103 Å². The van der Waals surface area contributed by atoms with E-state index in [0.29, 0.717) is 12.2 Å². The summed E-state index contributed by atoms with van der Waals surface area (Å²) in [4.78, 5) is 24.4. The van der Waals surface area contributed by atoms with Gasteiger partial charge in [-0.25, -0.2) is 9.59 Å². The van der Waals surface area contributed by atoms with Crippen LogP contribution in [-0.2, 0) is 16.1 Å². The van der Waals surface area contributed by atoms with Crippen molar-refractivity contribution in [3.8, 4) is 6.07 Å². The Kier molecular flexibility index (Phi) is 4.74. The molecule has 1 atom stereocenters. The first-order chi connectivity index (χ1) is 10.1. The van der Waals surface area contributed by atoms with Gasteiger partial charge >= 0.3 is 12.0 Å². The quantitative estimate of drug-likeness (QED) is 0.846. The van der Waals surface area contributed by atoms with Crippen LogP contribution in [0.25, 0.3) is 0 Å². The number of carboxylic acids is 1. The maximum Gasteiger partial charge on any atom is 0.328 e. The highest BCUT2D eigenvalue weighted by atomic mass is 16.5. The van der Waals surface area contributed by atoms with E-state index in [-0.39, 0.29) is 19.7 Å². The molecule has 21 heavy (non-hydrogen) atoms. The monoisotopic (exact) mass is 289 g/mol. The first-order valence-corrected chi connectivity index (χ1v) is 6.46. The summed E-state index contributed by atoms with van der Waals surface area (Å²) in [7, 11) is 0. The van der Waals surface area contributed by atoms with Gasteiger partial charge in [0, 0.05) is 13.1 Å². The maximum absolute atomic E-state index is 12.1. The number of carbonyl (C=O) groups is 2. The Labute approximate surface area is 121 Å². The molecule has 1 aliphatic heterocycles. The van der Waals surface area contributed by atoms with Crippen LogP contribution >= 0.6 is 0 Å². The molecular formula is C14H15N3O4. The SMILES string of the molecule is N#Cc1cccc(CNC(=O)N2CCOCC2C(=O)O)c1. The van der Waals surface area contributed by atoms with E-state index in [2.05, 4.69) is 5.32 Å². The minimum absolute atomic E-state index is 0.00727. The highest BCUT2D eigenvalue weighted by molar-refractivity contribution is 5.83. The second kappa shape index (κ2) is 6.72. The molecular weight excluding hydrogens is 274 g/mol. The van der Waals surface area contributed by atoms with Crippen LogP contribution in [0.4, 0.5) is 4.79 Å². The van der Waals surface area contributed by atoms with Crippen molar-refractivity contribution >= 4 is 12.0 Å². The number of aliphatic carboxylic acids is 1. The van der Waals surface area contributed by atoms with Crippen LogP contribution in [0.2, 0.25) is 0 Å². The number of rotatable bonds is 3. The summed E-state index contributed by atoms with van der Waals surface area (Å²) in [5.41, 5.74) is 1.29. The van der Waals surface area contributed by atoms with Gasteiger partial charge in [-0.2, -0.15) is 5.26 Å². The van der Waals surface area contributed by atoms with Crippen molar-refractivity contribution in [1.29, 1.82) is 5.26 Å². The molecule has 0 radical (unpaired) electrons. The van der Waals surface area contributed by atoms with Gasteiger partial charge in [0.1, 0.15) is 0 Å². The van der Waals surface area contributed by atoms with E-state index in [9.17, 15) is 9.59 Å². The van der Waals surface area contributed by atoms with Crippen LogP contribution in [0, 0.1) is 11.3 Å². The number of nitriles is 1. The molecule has 0 aromatic heterocycles. The Hall–Kier alpha value is -2.59. The Bertz CT molecular complexity index is 582. The van der Waals surface area contributed by atoms with Gasteiger partial charge in [0.25, 0.3) is 0 Å². The number of nitrogens with zero attached hydrogens (tertiary/aromatic N) is 2. The maximum atomic E-state index is 12.1. The molecule has 7 nitrogen and oxygen atoms in total. The largest absolute Gasteiger partial charge is 0.480 e. The van der Waals surface area contributed by atoms with E-state index in [0.717, 1.165) is 5.56 Å².